The number of thioether (sulfide) groups is 1. The van der Waals surface area contributed by atoms with Gasteiger partial charge in [-0.3, -0.25) is 9.10 Å². The van der Waals surface area contributed by atoms with E-state index in [0.29, 0.717) is 40.6 Å². The van der Waals surface area contributed by atoms with E-state index in [1.807, 2.05) is 6.92 Å². The van der Waals surface area contributed by atoms with Gasteiger partial charge in [-0.15, -0.1) is 0 Å². The summed E-state index contributed by atoms with van der Waals surface area (Å²) in [5.74, 6) is 0.657. The van der Waals surface area contributed by atoms with Crippen LogP contribution in [0.3, 0.4) is 0 Å². The molecule has 0 spiro atoms. The van der Waals surface area contributed by atoms with Gasteiger partial charge in [0.25, 0.3) is 10.0 Å². The topological polar surface area (TPSA) is 66.5 Å². The minimum atomic E-state index is -3.99. The SMILES string of the molecule is Cc1ccc(S(=O)(=O)N(CC(=O)NCCCSCc2ccccc2F)c2ccc(Cl)cc2C)cc1. The highest BCUT2D eigenvalue weighted by Crippen LogP contribution is 2.29. The van der Waals surface area contributed by atoms with E-state index in [-0.39, 0.29) is 17.3 Å². The molecule has 1 amide bonds. The predicted molar refractivity (Wildman–Crippen MR) is 142 cm³/mol. The van der Waals surface area contributed by atoms with Crippen LogP contribution in [0.2, 0.25) is 5.02 Å². The van der Waals surface area contributed by atoms with Gasteiger partial charge in [0.2, 0.25) is 5.91 Å². The Labute approximate surface area is 215 Å². The maximum atomic E-state index is 13.7. The molecule has 0 aliphatic carbocycles. The number of benzene rings is 3. The lowest BCUT2D eigenvalue weighted by molar-refractivity contribution is -0.119. The summed E-state index contributed by atoms with van der Waals surface area (Å²) in [5.41, 5.74) is 2.62. The average Bonchev–Trinajstić information content (AvgIpc) is 2.81. The molecule has 0 bridgehead atoms. The normalized spacial score (nSPS) is 11.3. The molecule has 186 valence electrons. The quantitative estimate of drug-likeness (QED) is 0.319. The number of carbonyl (C=O) groups is 1. The minimum Gasteiger partial charge on any atom is -0.354 e. The van der Waals surface area contributed by atoms with E-state index in [0.717, 1.165) is 15.6 Å². The highest BCUT2D eigenvalue weighted by molar-refractivity contribution is 7.98. The third-order valence-electron chi connectivity index (χ3n) is 5.33. The first-order chi connectivity index (χ1) is 16.7. The molecule has 0 unspecified atom stereocenters. The van der Waals surface area contributed by atoms with Crippen LogP contribution in [0.15, 0.2) is 71.6 Å². The maximum Gasteiger partial charge on any atom is 0.264 e. The van der Waals surface area contributed by atoms with Crippen molar-refractivity contribution in [2.24, 2.45) is 0 Å². The van der Waals surface area contributed by atoms with Crippen LogP contribution in [-0.4, -0.2) is 33.2 Å². The number of hydrogen-bond donors (Lipinski definition) is 1. The number of rotatable bonds is 11. The average molecular weight is 535 g/mol. The molecule has 0 aliphatic heterocycles. The number of halogens is 2. The maximum absolute atomic E-state index is 13.7. The van der Waals surface area contributed by atoms with E-state index in [1.165, 1.54) is 18.2 Å². The van der Waals surface area contributed by atoms with Crippen LogP contribution >= 0.6 is 23.4 Å². The van der Waals surface area contributed by atoms with Crippen LogP contribution in [0, 0.1) is 19.7 Å². The number of nitrogens with zero attached hydrogens (tertiary/aromatic N) is 1. The van der Waals surface area contributed by atoms with Crippen LogP contribution in [0.25, 0.3) is 0 Å². The Bertz CT molecular complexity index is 1270. The minimum absolute atomic E-state index is 0.106. The second kappa shape index (κ2) is 12.4. The van der Waals surface area contributed by atoms with Gasteiger partial charge in [0.15, 0.2) is 0 Å². The number of hydrogen-bond acceptors (Lipinski definition) is 4. The highest BCUT2D eigenvalue weighted by atomic mass is 35.5. The lowest BCUT2D eigenvalue weighted by atomic mass is 10.2. The van der Waals surface area contributed by atoms with Crippen LogP contribution in [0.1, 0.15) is 23.1 Å². The largest absolute Gasteiger partial charge is 0.354 e. The summed E-state index contributed by atoms with van der Waals surface area (Å²) in [5, 5.41) is 3.28. The van der Waals surface area contributed by atoms with E-state index in [2.05, 4.69) is 5.32 Å². The van der Waals surface area contributed by atoms with Gasteiger partial charge in [-0.2, -0.15) is 11.8 Å². The Hall–Kier alpha value is -2.55. The van der Waals surface area contributed by atoms with Gasteiger partial charge in [0.05, 0.1) is 10.6 Å². The van der Waals surface area contributed by atoms with Crippen molar-refractivity contribution in [3.05, 3.63) is 94.3 Å². The molecule has 5 nitrogen and oxygen atoms in total. The predicted octanol–water partition coefficient (Wildman–Crippen LogP) is 5.73. The molecule has 3 aromatic carbocycles. The van der Waals surface area contributed by atoms with Crippen molar-refractivity contribution >= 4 is 45.0 Å². The van der Waals surface area contributed by atoms with Gasteiger partial charge < -0.3 is 5.32 Å². The smallest absolute Gasteiger partial charge is 0.264 e. The molecule has 0 aromatic heterocycles. The van der Waals surface area contributed by atoms with Crippen LogP contribution in [-0.2, 0) is 20.6 Å². The molecule has 0 heterocycles. The zero-order valence-electron chi connectivity index (χ0n) is 19.6. The number of amides is 1. The lowest BCUT2D eigenvalue weighted by Gasteiger charge is -2.26. The van der Waals surface area contributed by atoms with Crippen LogP contribution in [0.4, 0.5) is 10.1 Å². The fraction of sp³-hybridized carbons (Fsp3) is 0.269. The molecule has 0 aliphatic rings. The van der Waals surface area contributed by atoms with Gasteiger partial charge in [-0.25, -0.2) is 12.8 Å². The molecule has 0 saturated heterocycles. The molecule has 9 heteroatoms. The second-order valence-electron chi connectivity index (χ2n) is 8.10. The van der Waals surface area contributed by atoms with Crippen molar-refractivity contribution in [3.63, 3.8) is 0 Å². The molecule has 3 rings (SSSR count). The summed E-state index contributed by atoms with van der Waals surface area (Å²) in [6, 6.07) is 18.0. The molecule has 0 fully saturated rings. The van der Waals surface area contributed by atoms with E-state index in [1.54, 1.807) is 67.2 Å². The second-order valence-corrected chi connectivity index (χ2v) is 11.5. The fourth-order valence-electron chi connectivity index (χ4n) is 3.42. The number of carbonyl (C=O) groups excluding carboxylic acids is 1. The summed E-state index contributed by atoms with van der Waals surface area (Å²) in [4.78, 5) is 12.8. The first-order valence-corrected chi connectivity index (χ1v) is 14.1. The van der Waals surface area contributed by atoms with Crippen molar-refractivity contribution < 1.29 is 17.6 Å². The summed E-state index contributed by atoms with van der Waals surface area (Å²) >= 11 is 7.64. The summed E-state index contributed by atoms with van der Waals surface area (Å²) in [6.45, 7) is 3.66. The molecule has 1 N–H and O–H groups in total. The Morgan fingerprint density at radius 2 is 1.77 bits per heavy atom. The lowest BCUT2D eigenvalue weighted by Crippen LogP contribution is -2.41. The van der Waals surface area contributed by atoms with E-state index in [4.69, 9.17) is 11.6 Å². The number of sulfonamides is 1. The molecule has 0 saturated carbocycles. The molecule has 0 radical (unpaired) electrons. The van der Waals surface area contributed by atoms with Crippen molar-refractivity contribution in [1.29, 1.82) is 0 Å². The Morgan fingerprint density at radius 1 is 1.06 bits per heavy atom. The van der Waals surface area contributed by atoms with E-state index >= 15 is 0 Å². The van der Waals surface area contributed by atoms with Gasteiger partial charge in [-0.1, -0.05) is 47.5 Å². The first-order valence-electron chi connectivity index (χ1n) is 11.1. The van der Waals surface area contributed by atoms with Gasteiger partial charge in [0.1, 0.15) is 12.4 Å². The Kier molecular flexibility index (Phi) is 9.60. The Balaban J connectivity index is 1.63. The number of nitrogens with one attached hydrogen (secondary N) is 1. The van der Waals surface area contributed by atoms with Gasteiger partial charge in [0, 0.05) is 17.3 Å². The van der Waals surface area contributed by atoms with Gasteiger partial charge in [-0.05, 0) is 73.5 Å². The zero-order valence-corrected chi connectivity index (χ0v) is 22.0. The summed E-state index contributed by atoms with van der Waals surface area (Å²) in [6.07, 6.45) is 0.676. The fourth-order valence-corrected chi connectivity index (χ4v) is 6.08. The summed E-state index contributed by atoms with van der Waals surface area (Å²) < 4.78 is 41.8. The van der Waals surface area contributed by atoms with E-state index in [9.17, 15) is 17.6 Å². The highest BCUT2D eigenvalue weighted by Gasteiger charge is 2.28. The molecule has 0 atom stereocenters. The third-order valence-corrected chi connectivity index (χ3v) is 8.43. The molecule has 3 aromatic rings. The number of anilines is 1. The monoisotopic (exact) mass is 534 g/mol. The molecule has 35 heavy (non-hydrogen) atoms. The summed E-state index contributed by atoms with van der Waals surface area (Å²) in [7, 11) is -3.99. The first kappa shape index (κ1) is 27.0. The van der Waals surface area contributed by atoms with Crippen LogP contribution < -0.4 is 9.62 Å². The van der Waals surface area contributed by atoms with Crippen molar-refractivity contribution in [1.82, 2.24) is 5.32 Å². The Morgan fingerprint density at radius 3 is 2.46 bits per heavy atom. The van der Waals surface area contributed by atoms with Gasteiger partial charge >= 0.3 is 0 Å². The van der Waals surface area contributed by atoms with Crippen molar-refractivity contribution in [3.8, 4) is 0 Å². The van der Waals surface area contributed by atoms with E-state index < -0.39 is 15.9 Å². The number of aryl methyl sites for hydroxylation is 2. The molecular formula is C26H28ClFN2O3S2. The zero-order chi connectivity index (χ0) is 25.4. The van der Waals surface area contributed by atoms with Crippen molar-refractivity contribution in [2.75, 3.05) is 23.1 Å². The van der Waals surface area contributed by atoms with Crippen molar-refractivity contribution in [2.45, 2.75) is 30.9 Å². The third kappa shape index (κ3) is 7.46. The standard InChI is InChI=1S/C26H28ClFN2O3S2/c1-19-8-11-23(12-9-19)35(32,33)30(25-13-10-22(27)16-20(25)2)17-26(31)29-14-5-15-34-18-21-6-3-4-7-24(21)28/h3-4,6-13,16H,5,14-15,17-18H2,1-2H3,(H,29,31). The van der Waals surface area contributed by atoms with Crippen LogP contribution in [0.5, 0.6) is 0 Å². The molecular weight excluding hydrogens is 507 g/mol.